The van der Waals surface area contributed by atoms with Gasteiger partial charge < -0.3 is 0 Å². The van der Waals surface area contributed by atoms with Gasteiger partial charge in [-0.25, -0.2) is 0 Å². The van der Waals surface area contributed by atoms with Gasteiger partial charge in [0, 0.05) is 0 Å². The second kappa shape index (κ2) is 3.99. The Bertz CT molecular complexity index is 689. The van der Waals surface area contributed by atoms with Crippen LogP contribution in [0.2, 0.25) is 14.8 Å². The van der Waals surface area contributed by atoms with E-state index in [0.717, 1.165) is 0 Å². The van der Waals surface area contributed by atoms with Gasteiger partial charge in [-0.1, -0.05) is 0 Å². The third-order valence-corrected chi connectivity index (χ3v) is 10.2. The van der Waals surface area contributed by atoms with Gasteiger partial charge >= 0.3 is 111 Å². The quantitative estimate of drug-likeness (QED) is 0.565. The van der Waals surface area contributed by atoms with Gasteiger partial charge in [0.1, 0.15) is 0 Å². The van der Waals surface area contributed by atoms with E-state index in [4.69, 9.17) is 0 Å². The number of benzene rings is 2. The molecule has 0 atom stereocenters. The topological polar surface area (TPSA) is 0 Å². The Labute approximate surface area is 110 Å². The van der Waals surface area contributed by atoms with Crippen molar-refractivity contribution in [3.8, 4) is 0 Å². The Balaban J connectivity index is 2.34. The van der Waals surface area contributed by atoms with Gasteiger partial charge in [0.15, 0.2) is 0 Å². The molecule has 0 unspecified atom stereocenters. The number of hydrogen-bond acceptors (Lipinski definition) is 1. The van der Waals surface area contributed by atoms with Crippen molar-refractivity contribution < 1.29 is 0 Å². The van der Waals surface area contributed by atoms with Gasteiger partial charge in [-0.05, 0) is 0 Å². The maximum absolute atomic E-state index is 2.48. The zero-order valence-corrected chi connectivity index (χ0v) is 14.1. The van der Waals surface area contributed by atoms with E-state index in [1.807, 2.05) is 11.3 Å². The van der Waals surface area contributed by atoms with Crippen LogP contribution < -0.4 is 3.58 Å². The van der Waals surface area contributed by atoms with E-state index in [9.17, 15) is 0 Å². The first kappa shape index (κ1) is 11.5. The molecular weight excluding hydrogens is 331 g/mol. The predicted octanol–water partition coefficient (Wildman–Crippen LogP) is 4.60. The Kier molecular flexibility index (Phi) is 2.71. The Morgan fingerprint density at radius 1 is 0.824 bits per heavy atom. The van der Waals surface area contributed by atoms with E-state index in [1.165, 1.54) is 20.2 Å². The molecule has 0 spiro atoms. The molecule has 3 aromatic rings. The van der Waals surface area contributed by atoms with Crippen molar-refractivity contribution in [3.05, 3.63) is 42.5 Å². The average molecular weight is 347 g/mol. The molecule has 0 aliphatic heterocycles. The number of thiophene rings is 1. The molecule has 86 valence electrons. The fourth-order valence-corrected chi connectivity index (χ4v) is 6.95. The summed E-state index contributed by atoms with van der Waals surface area (Å²) in [5.41, 5.74) is 0. The summed E-state index contributed by atoms with van der Waals surface area (Å²) >= 11 is 0.00603. The Hall–Kier alpha value is -0.541. The van der Waals surface area contributed by atoms with Crippen molar-refractivity contribution in [1.82, 2.24) is 0 Å². The standard InChI is InChI=1S/C12H7S.3CH3.Sn/c1-3-7-11-9(5-1)10-6-2-4-8-12(10)13-11;;;;/h1-3,5-8H;3*1H3;. The zero-order valence-electron chi connectivity index (χ0n) is 10.4. The number of hydrogen-bond donors (Lipinski definition) is 0. The van der Waals surface area contributed by atoms with Gasteiger partial charge in [0.2, 0.25) is 0 Å². The third kappa shape index (κ3) is 2.00. The van der Waals surface area contributed by atoms with Crippen LogP contribution >= 0.6 is 11.3 Å². The summed E-state index contributed by atoms with van der Waals surface area (Å²) in [6.45, 7) is 0. The number of rotatable bonds is 1. The van der Waals surface area contributed by atoms with Gasteiger partial charge in [-0.15, -0.1) is 0 Å². The second-order valence-corrected chi connectivity index (χ2v) is 21.1. The Morgan fingerprint density at radius 2 is 1.53 bits per heavy atom. The SMILES string of the molecule is [CH3][Sn]([CH3])([CH3])[c]1ccc2c(c1)sc1ccccc12. The normalized spacial score (nSPS) is 12.4. The molecule has 0 saturated heterocycles. The molecule has 1 heterocycles. The molecular formula is C15H16SSn. The van der Waals surface area contributed by atoms with Crippen molar-refractivity contribution in [3.63, 3.8) is 0 Å². The van der Waals surface area contributed by atoms with Crippen molar-refractivity contribution >= 4 is 53.5 Å². The zero-order chi connectivity index (χ0) is 12.0. The molecule has 2 aromatic carbocycles. The van der Waals surface area contributed by atoms with Crippen LogP contribution in [0.25, 0.3) is 20.2 Å². The summed E-state index contributed by atoms with van der Waals surface area (Å²) in [6, 6.07) is 15.8. The molecule has 17 heavy (non-hydrogen) atoms. The molecule has 0 saturated carbocycles. The number of fused-ring (bicyclic) bond motifs is 3. The predicted molar refractivity (Wildman–Crippen MR) is 82.3 cm³/mol. The van der Waals surface area contributed by atoms with Gasteiger partial charge in [-0.3, -0.25) is 0 Å². The van der Waals surface area contributed by atoms with E-state index in [2.05, 4.69) is 57.3 Å². The van der Waals surface area contributed by atoms with E-state index < -0.39 is 18.4 Å². The van der Waals surface area contributed by atoms with Crippen LogP contribution in [-0.4, -0.2) is 18.4 Å². The van der Waals surface area contributed by atoms with Crippen LogP contribution in [0.5, 0.6) is 0 Å². The van der Waals surface area contributed by atoms with Crippen LogP contribution in [0.3, 0.4) is 0 Å². The van der Waals surface area contributed by atoms with Crippen molar-refractivity contribution in [2.24, 2.45) is 0 Å². The van der Waals surface area contributed by atoms with Gasteiger partial charge in [0.05, 0.1) is 0 Å². The van der Waals surface area contributed by atoms with Gasteiger partial charge in [-0.2, -0.15) is 0 Å². The minimum absolute atomic E-state index is 1.41. The first-order valence-electron chi connectivity index (χ1n) is 5.97. The van der Waals surface area contributed by atoms with Crippen LogP contribution in [0.1, 0.15) is 0 Å². The molecule has 1 aromatic heterocycles. The third-order valence-electron chi connectivity index (χ3n) is 3.24. The van der Waals surface area contributed by atoms with Crippen molar-refractivity contribution in [1.29, 1.82) is 0 Å². The van der Waals surface area contributed by atoms with E-state index in [1.54, 1.807) is 3.58 Å². The summed E-state index contributed by atoms with van der Waals surface area (Å²) < 4.78 is 4.48. The second-order valence-electron chi connectivity index (χ2n) is 5.56. The van der Waals surface area contributed by atoms with E-state index in [-0.39, 0.29) is 0 Å². The molecule has 0 radical (unpaired) electrons. The summed E-state index contributed by atoms with van der Waals surface area (Å²) in [6.07, 6.45) is 0. The maximum atomic E-state index is 2.48. The summed E-state index contributed by atoms with van der Waals surface area (Å²) in [4.78, 5) is 7.43. The average Bonchev–Trinajstić information content (AvgIpc) is 2.65. The minimum atomic E-state index is -1.92. The molecule has 2 heteroatoms. The van der Waals surface area contributed by atoms with Crippen molar-refractivity contribution in [2.45, 2.75) is 14.8 Å². The van der Waals surface area contributed by atoms with E-state index in [0.29, 0.717) is 0 Å². The molecule has 0 bridgehead atoms. The van der Waals surface area contributed by atoms with E-state index >= 15 is 0 Å². The summed E-state index contributed by atoms with van der Waals surface area (Å²) in [7, 11) is 0. The first-order valence-corrected chi connectivity index (χ1v) is 16.8. The molecule has 0 nitrogen and oxygen atoms in total. The molecule has 0 N–H and O–H groups in total. The van der Waals surface area contributed by atoms with Crippen LogP contribution in [0, 0.1) is 0 Å². The summed E-state index contributed by atoms with van der Waals surface area (Å²) in [5.74, 6) is 0. The monoisotopic (exact) mass is 348 g/mol. The molecule has 0 fully saturated rings. The fourth-order valence-electron chi connectivity index (χ4n) is 2.19. The van der Waals surface area contributed by atoms with Crippen molar-refractivity contribution in [2.75, 3.05) is 0 Å². The summed E-state index contributed by atoms with van der Waals surface area (Å²) in [5, 5.41) is 2.83. The molecule has 0 aliphatic carbocycles. The van der Waals surface area contributed by atoms with Crippen LogP contribution in [-0.2, 0) is 0 Å². The Morgan fingerprint density at radius 3 is 2.29 bits per heavy atom. The molecule has 3 rings (SSSR count). The van der Waals surface area contributed by atoms with Gasteiger partial charge in [0.25, 0.3) is 0 Å². The van der Waals surface area contributed by atoms with Crippen LogP contribution in [0.15, 0.2) is 42.5 Å². The molecule has 0 aliphatic rings. The van der Waals surface area contributed by atoms with Crippen LogP contribution in [0.4, 0.5) is 0 Å². The fraction of sp³-hybridized carbons (Fsp3) is 0.200. The first-order chi connectivity index (χ1) is 8.05. The molecule has 0 amide bonds.